The van der Waals surface area contributed by atoms with E-state index in [0.29, 0.717) is 18.7 Å². The lowest BCUT2D eigenvalue weighted by Gasteiger charge is -2.32. The second kappa shape index (κ2) is 9.55. The number of aromatic hydroxyl groups is 1. The van der Waals surface area contributed by atoms with Crippen molar-refractivity contribution < 1.29 is 23.1 Å². The van der Waals surface area contributed by atoms with Gasteiger partial charge in [-0.2, -0.15) is 13.2 Å². The normalized spacial score (nSPS) is 15.0. The van der Waals surface area contributed by atoms with Crippen LogP contribution in [0.3, 0.4) is 0 Å². The molecule has 4 rings (SSSR count). The maximum absolute atomic E-state index is 12.9. The number of rotatable bonds is 5. The molecule has 0 atom stereocenters. The summed E-state index contributed by atoms with van der Waals surface area (Å²) in [5.74, 6) is -0.538. The number of benzene rings is 1. The van der Waals surface area contributed by atoms with Crippen LogP contribution in [0.15, 0.2) is 58.5 Å². The lowest BCUT2D eigenvalue weighted by Crippen LogP contribution is -2.47. The number of likely N-dealkylation sites (N-methyl/N-ethyl adjacent to an activating group) is 1. The molecule has 34 heavy (non-hydrogen) atoms. The molecule has 12 heteroatoms. The van der Waals surface area contributed by atoms with E-state index in [9.17, 15) is 27.9 Å². The Morgan fingerprint density at radius 1 is 1.12 bits per heavy atom. The molecule has 0 aliphatic carbocycles. The van der Waals surface area contributed by atoms with E-state index in [1.807, 2.05) is 7.05 Å². The summed E-state index contributed by atoms with van der Waals surface area (Å²) in [4.78, 5) is 33.7. The van der Waals surface area contributed by atoms with Gasteiger partial charge in [0.2, 0.25) is 5.88 Å². The summed E-state index contributed by atoms with van der Waals surface area (Å²) in [7, 11) is 2.00. The number of thioether (sulfide) groups is 1. The Morgan fingerprint density at radius 2 is 1.79 bits per heavy atom. The molecule has 1 aliphatic heterocycles. The number of carbonyl (C=O) groups excluding carboxylic acids is 1. The van der Waals surface area contributed by atoms with Crippen LogP contribution in [0.4, 0.5) is 13.2 Å². The van der Waals surface area contributed by atoms with Gasteiger partial charge < -0.3 is 14.9 Å². The SMILES string of the molecule is CN1CCN(C(=O)c2cc(Cn3cc(O)n(-c4ccc(SC(F)(F)F)cc4)c3=O)ccn2)CC1. The molecule has 0 unspecified atom stereocenters. The van der Waals surface area contributed by atoms with Gasteiger partial charge >= 0.3 is 11.2 Å². The maximum atomic E-state index is 12.9. The zero-order valence-electron chi connectivity index (χ0n) is 18.2. The number of carbonyl (C=O) groups is 1. The molecule has 0 bridgehead atoms. The minimum Gasteiger partial charge on any atom is -0.493 e. The van der Waals surface area contributed by atoms with Crippen molar-refractivity contribution in [2.75, 3.05) is 33.2 Å². The average molecular weight is 494 g/mol. The summed E-state index contributed by atoms with van der Waals surface area (Å²) in [6.07, 6.45) is 2.74. The van der Waals surface area contributed by atoms with Crippen LogP contribution in [0, 0.1) is 0 Å². The molecule has 1 fully saturated rings. The van der Waals surface area contributed by atoms with Crippen LogP contribution in [0.1, 0.15) is 16.1 Å². The quantitative estimate of drug-likeness (QED) is 0.551. The number of hydrogen-bond acceptors (Lipinski definition) is 6. The van der Waals surface area contributed by atoms with E-state index in [1.54, 1.807) is 17.0 Å². The van der Waals surface area contributed by atoms with Gasteiger partial charge in [-0.25, -0.2) is 9.36 Å². The first-order valence-electron chi connectivity index (χ1n) is 10.4. The highest BCUT2D eigenvalue weighted by molar-refractivity contribution is 8.00. The summed E-state index contributed by atoms with van der Waals surface area (Å²) in [6, 6.07) is 8.42. The van der Waals surface area contributed by atoms with E-state index in [0.717, 1.165) is 17.7 Å². The monoisotopic (exact) mass is 493 g/mol. The zero-order valence-corrected chi connectivity index (χ0v) is 19.0. The molecule has 1 aliphatic rings. The van der Waals surface area contributed by atoms with Gasteiger partial charge in [0, 0.05) is 37.3 Å². The lowest BCUT2D eigenvalue weighted by molar-refractivity contribution is -0.0328. The molecule has 3 aromatic rings. The lowest BCUT2D eigenvalue weighted by atomic mass is 10.2. The van der Waals surface area contributed by atoms with Crippen LogP contribution >= 0.6 is 11.8 Å². The number of imidazole rings is 1. The number of alkyl halides is 3. The molecule has 1 saturated heterocycles. The summed E-state index contributed by atoms with van der Waals surface area (Å²) in [5, 5.41) is 10.3. The van der Waals surface area contributed by atoms with Crippen molar-refractivity contribution in [1.29, 1.82) is 0 Å². The molecule has 0 radical (unpaired) electrons. The molecule has 1 aromatic carbocycles. The van der Waals surface area contributed by atoms with Crippen molar-refractivity contribution in [2.45, 2.75) is 16.9 Å². The Kier molecular flexibility index (Phi) is 6.71. The first kappa shape index (κ1) is 23.9. The second-order valence-corrected chi connectivity index (χ2v) is 9.06. The van der Waals surface area contributed by atoms with Crippen LogP contribution < -0.4 is 5.69 Å². The Labute approximate surface area is 197 Å². The van der Waals surface area contributed by atoms with Gasteiger partial charge in [0.15, 0.2) is 0 Å². The molecule has 8 nitrogen and oxygen atoms in total. The van der Waals surface area contributed by atoms with E-state index in [1.165, 1.54) is 41.2 Å². The van der Waals surface area contributed by atoms with E-state index in [4.69, 9.17) is 0 Å². The fraction of sp³-hybridized carbons (Fsp3) is 0.318. The molecule has 180 valence electrons. The fourth-order valence-electron chi connectivity index (χ4n) is 3.69. The van der Waals surface area contributed by atoms with Gasteiger partial charge in [0.1, 0.15) is 5.69 Å². The fourth-order valence-corrected chi connectivity index (χ4v) is 4.23. The van der Waals surface area contributed by atoms with Gasteiger partial charge in [-0.15, -0.1) is 0 Å². The van der Waals surface area contributed by atoms with Crippen molar-refractivity contribution in [3.05, 3.63) is 70.5 Å². The highest BCUT2D eigenvalue weighted by Crippen LogP contribution is 2.37. The molecule has 3 heterocycles. The summed E-state index contributed by atoms with van der Waals surface area (Å²) in [5.41, 5.74) is -3.84. The minimum absolute atomic E-state index is 0.0300. The third kappa shape index (κ3) is 5.45. The number of pyridine rings is 1. The summed E-state index contributed by atoms with van der Waals surface area (Å²) >= 11 is -0.260. The number of hydrogen-bond donors (Lipinski definition) is 1. The molecule has 0 saturated carbocycles. The number of halogens is 3. The van der Waals surface area contributed by atoms with Gasteiger partial charge in [-0.05, 0) is 60.8 Å². The predicted molar refractivity (Wildman–Crippen MR) is 120 cm³/mol. The molecular formula is C22H22F3N5O3S. The maximum Gasteiger partial charge on any atom is 0.446 e. The number of amides is 1. The molecular weight excluding hydrogens is 471 g/mol. The van der Waals surface area contributed by atoms with Crippen LogP contribution in [0.5, 0.6) is 5.88 Å². The number of piperazine rings is 1. The minimum atomic E-state index is -4.42. The number of aromatic nitrogens is 3. The van der Waals surface area contributed by atoms with E-state index >= 15 is 0 Å². The first-order chi connectivity index (χ1) is 16.1. The molecule has 2 aromatic heterocycles. The van der Waals surface area contributed by atoms with Gasteiger partial charge in [0.25, 0.3) is 5.91 Å². The Morgan fingerprint density at radius 3 is 2.44 bits per heavy atom. The summed E-state index contributed by atoms with van der Waals surface area (Å²) in [6.45, 7) is 2.86. The van der Waals surface area contributed by atoms with Crippen LogP contribution in [-0.4, -0.2) is 73.7 Å². The van der Waals surface area contributed by atoms with E-state index in [-0.39, 0.29) is 46.4 Å². The third-order valence-electron chi connectivity index (χ3n) is 5.45. The second-order valence-electron chi connectivity index (χ2n) is 7.92. The highest BCUT2D eigenvalue weighted by atomic mass is 32.2. The summed E-state index contributed by atoms with van der Waals surface area (Å²) < 4.78 is 39.9. The van der Waals surface area contributed by atoms with Gasteiger partial charge in [-0.3, -0.25) is 14.3 Å². The Bertz CT molecular complexity index is 1230. The topological polar surface area (TPSA) is 83.6 Å². The average Bonchev–Trinajstić information content (AvgIpc) is 3.06. The Hall–Kier alpha value is -3.25. The predicted octanol–water partition coefficient (Wildman–Crippen LogP) is 2.79. The van der Waals surface area contributed by atoms with E-state index < -0.39 is 11.2 Å². The Balaban J connectivity index is 1.52. The van der Waals surface area contributed by atoms with Gasteiger partial charge in [-0.1, -0.05) is 0 Å². The van der Waals surface area contributed by atoms with Crippen molar-refractivity contribution in [3.8, 4) is 11.6 Å². The van der Waals surface area contributed by atoms with Crippen molar-refractivity contribution in [1.82, 2.24) is 23.9 Å². The van der Waals surface area contributed by atoms with Gasteiger partial charge in [0.05, 0.1) is 18.4 Å². The third-order valence-corrected chi connectivity index (χ3v) is 6.19. The van der Waals surface area contributed by atoms with Crippen molar-refractivity contribution in [3.63, 3.8) is 0 Å². The largest absolute Gasteiger partial charge is 0.493 e. The molecule has 1 N–H and O–H groups in total. The first-order valence-corrected chi connectivity index (χ1v) is 11.2. The highest BCUT2D eigenvalue weighted by Gasteiger charge is 2.29. The van der Waals surface area contributed by atoms with Crippen LogP contribution in [0.2, 0.25) is 0 Å². The molecule has 1 amide bonds. The van der Waals surface area contributed by atoms with E-state index in [2.05, 4.69) is 9.88 Å². The van der Waals surface area contributed by atoms with Crippen LogP contribution in [-0.2, 0) is 6.54 Å². The zero-order chi connectivity index (χ0) is 24.5. The number of nitrogens with zero attached hydrogens (tertiary/aromatic N) is 5. The van der Waals surface area contributed by atoms with Crippen molar-refractivity contribution in [2.24, 2.45) is 0 Å². The van der Waals surface area contributed by atoms with Crippen LogP contribution in [0.25, 0.3) is 5.69 Å². The molecule has 0 spiro atoms. The standard InChI is InChI=1S/C22H22F3N5O3S/c1-27-8-10-28(11-9-27)20(32)18-12-15(6-7-26-18)13-29-14-19(31)30(21(29)33)16-2-4-17(5-3-16)34-22(23,24)25/h2-7,12,14,31H,8-11,13H2,1H3. The smallest absolute Gasteiger partial charge is 0.446 e. The van der Waals surface area contributed by atoms with Crippen molar-refractivity contribution >= 4 is 17.7 Å².